The van der Waals surface area contributed by atoms with Gasteiger partial charge in [-0.15, -0.1) is 0 Å². The van der Waals surface area contributed by atoms with Gasteiger partial charge in [0.2, 0.25) is 0 Å². The van der Waals surface area contributed by atoms with Gasteiger partial charge in [0.25, 0.3) is 5.91 Å². The molecule has 0 aliphatic carbocycles. The van der Waals surface area contributed by atoms with Gasteiger partial charge in [0.1, 0.15) is 0 Å². The van der Waals surface area contributed by atoms with E-state index in [1.54, 1.807) is 12.1 Å². The van der Waals surface area contributed by atoms with Gasteiger partial charge in [0.05, 0.1) is 18.8 Å². The fourth-order valence-corrected chi connectivity index (χ4v) is 2.66. The molecule has 0 unspecified atom stereocenters. The lowest BCUT2D eigenvalue weighted by Gasteiger charge is -2.12. The van der Waals surface area contributed by atoms with E-state index in [1.165, 1.54) is 0 Å². The summed E-state index contributed by atoms with van der Waals surface area (Å²) in [7, 11) is 0. The summed E-state index contributed by atoms with van der Waals surface area (Å²) in [6, 6.07) is 12.8. The fraction of sp³-hybridized carbons (Fsp3) is 0.364. The van der Waals surface area contributed by atoms with Gasteiger partial charge in [0, 0.05) is 6.54 Å². The molecule has 0 aliphatic rings. The second kappa shape index (κ2) is 11.0. The molecule has 2 rings (SSSR count). The van der Waals surface area contributed by atoms with Crippen LogP contribution in [0.5, 0.6) is 11.5 Å². The molecule has 150 valence electrons. The Kier molecular flexibility index (Phi) is 8.34. The molecule has 1 N–H and O–H groups in total. The van der Waals surface area contributed by atoms with Crippen molar-refractivity contribution in [3.63, 3.8) is 0 Å². The van der Waals surface area contributed by atoms with Crippen LogP contribution in [0.15, 0.2) is 42.5 Å². The van der Waals surface area contributed by atoms with Crippen LogP contribution in [0.25, 0.3) is 0 Å². The SMILES string of the molecule is CCOc1ccc(CCNC(=O)COC(=O)c2ccccc2C)cc1OCC. The number of esters is 1. The minimum atomic E-state index is -0.499. The minimum Gasteiger partial charge on any atom is -0.490 e. The molecule has 2 aromatic carbocycles. The normalized spacial score (nSPS) is 10.2. The number of amides is 1. The summed E-state index contributed by atoms with van der Waals surface area (Å²) in [5.41, 5.74) is 2.30. The van der Waals surface area contributed by atoms with Crippen molar-refractivity contribution in [3.8, 4) is 11.5 Å². The molecule has 6 nitrogen and oxygen atoms in total. The minimum absolute atomic E-state index is 0.305. The van der Waals surface area contributed by atoms with E-state index in [0.717, 1.165) is 11.1 Å². The monoisotopic (exact) mass is 385 g/mol. The third-order valence-corrected chi connectivity index (χ3v) is 4.04. The standard InChI is InChI=1S/C22H27NO5/c1-4-26-19-11-10-17(14-20(19)27-5-2)12-13-23-21(24)15-28-22(25)18-9-7-6-8-16(18)3/h6-11,14H,4-5,12-13,15H2,1-3H3,(H,23,24). The van der Waals surface area contributed by atoms with E-state index < -0.39 is 5.97 Å². The van der Waals surface area contributed by atoms with Crippen molar-refractivity contribution in [1.82, 2.24) is 5.32 Å². The number of ether oxygens (including phenoxy) is 3. The van der Waals surface area contributed by atoms with Gasteiger partial charge < -0.3 is 19.5 Å². The van der Waals surface area contributed by atoms with Crippen LogP contribution in [0.1, 0.15) is 35.3 Å². The highest BCUT2D eigenvalue weighted by atomic mass is 16.5. The summed E-state index contributed by atoms with van der Waals surface area (Å²) in [5, 5.41) is 2.76. The third kappa shape index (κ3) is 6.30. The van der Waals surface area contributed by atoms with E-state index in [4.69, 9.17) is 14.2 Å². The summed E-state index contributed by atoms with van der Waals surface area (Å²) in [5.74, 6) is 0.569. The summed E-state index contributed by atoms with van der Waals surface area (Å²) in [6.45, 7) is 6.90. The second-order valence-electron chi connectivity index (χ2n) is 6.14. The number of aryl methyl sites for hydroxylation is 1. The van der Waals surface area contributed by atoms with Crippen molar-refractivity contribution in [2.45, 2.75) is 27.2 Å². The van der Waals surface area contributed by atoms with E-state index in [0.29, 0.717) is 43.2 Å². The summed E-state index contributed by atoms with van der Waals surface area (Å²) < 4.78 is 16.2. The zero-order chi connectivity index (χ0) is 20.4. The van der Waals surface area contributed by atoms with Crippen molar-refractivity contribution in [1.29, 1.82) is 0 Å². The van der Waals surface area contributed by atoms with E-state index in [9.17, 15) is 9.59 Å². The van der Waals surface area contributed by atoms with Crippen LogP contribution in [0, 0.1) is 6.92 Å². The van der Waals surface area contributed by atoms with Gasteiger partial charge in [-0.05, 0) is 56.5 Å². The fourth-order valence-electron chi connectivity index (χ4n) is 2.66. The molecule has 0 spiro atoms. The maximum atomic E-state index is 12.0. The molecule has 6 heteroatoms. The van der Waals surface area contributed by atoms with Gasteiger partial charge in [-0.1, -0.05) is 24.3 Å². The molecule has 0 atom stereocenters. The molecule has 0 saturated carbocycles. The summed E-state index contributed by atoms with van der Waals surface area (Å²) in [4.78, 5) is 24.0. The number of rotatable bonds is 10. The molecular formula is C22H27NO5. The van der Waals surface area contributed by atoms with E-state index in [1.807, 2.05) is 51.1 Å². The first-order chi connectivity index (χ1) is 13.5. The van der Waals surface area contributed by atoms with Gasteiger partial charge in [-0.25, -0.2) is 4.79 Å². The van der Waals surface area contributed by atoms with Crippen molar-refractivity contribution in [2.24, 2.45) is 0 Å². The molecule has 0 aromatic heterocycles. The molecule has 0 aliphatic heterocycles. The second-order valence-corrected chi connectivity index (χ2v) is 6.14. The molecule has 28 heavy (non-hydrogen) atoms. The van der Waals surface area contributed by atoms with Crippen LogP contribution < -0.4 is 14.8 Å². The van der Waals surface area contributed by atoms with E-state index >= 15 is 0 Å². The van der Waals surface area contributed by atoms with Gasteiger partial charge in [-0.2, -0.15) is 0 Å². The first-order valence-electron chi connectivity index (χ1n) is 9.43. The van der Waals surface area contributed by atoms with E-state index in [-0.39, 0.29) is 12.5 Å². The molecule has 0 radical (unpaired) electrons. The predicted molar refractivity (Wildman–Crippen MR) is 107 cm³/mol. The van der Waals surface area contributed by atoms with Gasteiger partial charge in [-0.3, -0.25) is 4.79 Å². The summed E-state index contributed by atoms with van der Waals surface area (Å²) in [6.07, 6.45) is 0.629. The van der Waals surface area contributed by atoms with Crippen LogP contribution in [-0.2, 0) is 16.0 Å². The molecular weight excluding hydrogens is 358 g/mol. The highest BCUT2D eigenvalue weighted by molar-refractivity contribution is 5.92. The number of nitrogens with one attached hydrogen (secondary N) is 1. The van der Waals surface area contributed by atoms with Gasteiger partial charge >= 0.3 is 5.97 Å². The molecule has 0 fully saturated rings. The maximum Gasteiger partial charge on any atom is 0.338 e. The quantitative estimate of drug-likeness (QED) is 0.635. The zero-order valence-corrected chi connectivity index (χ0v) is 16.6. The number of carbonyl (C=O) groups is 2. The smallest absolute Gasteiger partial charge is 0.338 e. The molecule has 0 saturated heterocycles. The van der Waals surface area contributed by atoms with Gasteiger partial charge in [0.15, 0.2) is 18.1 Å². The molecule has 0 bridgehead atoms. The maximum absolute atomic E-state index is 12.0. The van der Waals surface area contributed by atoms with Crippen LogP contribution in [-0.4, -0.2) is 38.2 Å². The first kappa shape index (κ1) is 21.3. The number of benzene rings is 2. The van der Waals surface area contributed by atoms with Crippen molar-refractivity contribution in [3.05, 3.63) is 59.2 Å². The third-order valence-electron chi connectivity index (χ3n) is 4.04. The Bertz CT molecular complexity index is 803. The Labute approximate surface area is 165 Å². The van der Waals surface area contributed by atoms with Crippen molar-refractivity contribution >= 4 is 11.9 Å². The average molecular weight is 385 g/mol. The topological polar surface area (TPSA) is 73.9 Å². The Hall–Kier alpha value is -3.02. The number of carbonyl (C=O) groups excluding carboxylic acids is 2. The highest BCUT2D eigenvalue weighted by Crippen LogP contribution is 2.28. The van der Waals surface area contributed by atoms with Crippen LogP contribution in [0.3, 0.4) is 0 Å². The molecule has 1 amide bonds. The Morgan fingerprint density at radius 3 is 2.39 bits per heavy atom. The predicted octanol–water partition coefficient (Wildman–Crippen LogP) is 3.31. The molecule has 0 heterocycles. The number of hydrogen-bond donors (Lipinski definition) is 1. The Balaban J connectivity index is 1.79. The first-order valence-corrected chi connectivity index (χ1v) is 9.43. The van der Waals surface area contributed by atoms with Crippen molar-refractivity contribution in [2.75, 3.05) is 26.4 Å². The molecule has 2 aromatic rings. The lowest BCUT2D eigenvalue weighted by Crippen LogP contribution is -2.30. The Morgan fingerprint density at radius 1 is 0.964 bits per heavy atom. The van der Waals surface area contributed by atoms with Crippen LogP contribution >= 0.6 is 0 Å². The van der Waals surface area contributed by atoms with Crippen LogP contribution in [0.2, 0.25) is 0 Å². The zero-order valence-electron chi connectivity index (χ0n) is 16.6. The Morgan fingerprint density at radius 2 is 1.68 bits per heavy atom. The lowest BCUT2D eigenvalue weighted by atomic mass is 10.1. The summed E-state index contributed by atoms with van der Waals surface area (Å²) >= 11 is 0. The van der Waals surface area contributed by atoms with Crippen LogP contribution in [0.4, 0.5) is 0 Å². The average Bonchev–Trinajstić information content (AvgIpc) is 2.69. The lowest BCUT2D eigenvalue weighted by molar-refractivity contribution is -0.124. The van der Waals surface area contributed by atoms with Crippen molar-refractivity contribution < 1.29 is 23.8 Å². The largest absolute Gasteiger partial charge is 0.490 e. The van der Waals surface area contributed by atoms with E-state index in [2.05, 4.69) is 5.32 Å². The number of hydrogen-bond acceptors (Lipinski definition) is 5. The highest BCUT2D eigenvalue weighted by Gasteiger charge is 2.12.